The van der Waals surface area contributed by atoms with Crippen LogP contribution in [0.25, 0.3) is 20.2 Å². The van der Waals surface area contributed by atoms with Gasteiger partial charge in [-0.15, -0.1) is 22.7 Å². The monoisotopic (exact) mass is 448 g/mol. The van der Waals surface area contributed by atoms with Crippen molar-refractivity contribution >= 4 is 42.8 Å². The SMILES string of the molecule is CCCCC(CC)CO.CCCCC(CC)COc1c2ccsc2cc2ccsc12. The van der Waals surface area contributed by atoms with Gasteiger partial charge in [-0.2, -0.15) is 0 Å². The van der Waals surface area contributed by atoms with Crippen molar-refractivity contribution < 1.29 is 9.84 Å². The Kier molecular flexibility index (Phi) is 11.8. The molecule has 2 heterocycles. The molecule has 0 bridgehead atoms. The van der Waals surface area contributed by atoms with E-state index in [4.69, 9.17) is 9.84 Å². The molecule has 2 unspecified atom stereocenters. The van der Waals surface area contributed by atoms with Crippen molar-refractivity contribution in [3.63, 3.8) is 0 Å². The van der Waals surface area contributed by atoms with E-state index in [0.717, 1.165) is 18.8 Å². The van der Waals surface area contributed by atoms with E-state index in [1.165, 1.54) is 65.1 Å². The molecule has 0 amide bonds. The number of ether oxygens (including phenoxy) is 1. The van der Waals surface area contributed by atoms with Crippen LogP contribution in [0.15, 0.2) is 29.0 Å². The number of hydrogen-bond acceptors (Lipinski definition) is 4. The molecule has 168 valence electrons. The van der Waals surface area contributed by atoms with Gasteiger partial charge in [0.15, 0.2) is 0 Å². The highest BCUT2D eigenvalue weighted by molar-refractivity contribution is 7.19. The van der Waals surface area contributed by atoms with Crippen molar-refractivity contribution in [3.8, 4) is 5.75 Å². The Morgan fingerprint density at radius 2 is 1.57 bits per heavy atom. The zero-order valence-electron chi connectivity index (χ0n) is 19.3. The standard InChI is InChI=1S/C18H22OS2.C8H18O/c1-3-5-6-13(4-2)12-19-17-15-8-10-20-16(15)11-14-7-9-21-18(14)17;1-3-5-6-8(4-2)7-9/h7-11,13H,3-6,12H2,1-2H3;8-9H,3-7H2,1-2H3. The van der Waals surface area contributed by atoms with E-state index in [2.05, 4.69) is 56.7 Å². The summed E-state index contributed by atoms with van der Waals surface area (Å²) in [5.74, 6) is 2.34. The Bertz CT molecular complexity index is 783. The van der Waals surface area contributed by atoms with E-state index in [0.29, 0.717) is 18.4 Å². The highest BCUT2D eigenvalue weighted by Gasteiger charge is 2.13. The van der Waals surface area contributed by atoms with Gasteiger partial charge >= 0.3 is 0 Å². The fourth-order valence-corrected chi connectivity index (χ4v) is 5.38. The molecule has 2 atom stereocenters. The lowest BCUT2D eigenvalue weighted by molar-refractivity contribution is 0.212. The molecular weight excluding hydrogens is 408 g/mol. The first-order chi connectivity index (χ1) is 14.7. The van der Waals surface area contributed by atoms with Crippen LogP contribution in [0.3, 0.4) is 0 Å². The summed E-state index contributed by atoms with van der Waals surface area (Å²) >= 11 is 3.59. The van der Waals surface area contributed by atoms with Crippen LogP contribution < -0.4 is 4.74 Å². The number of rotatable bonds is 12. The number of fused-ring (bicyclic) bond motifs is 2. The molecule has 3 rings (SSSR count). The Morgan fingerprint density at radius 3 is 2.20 bits per heavy atom. The maximum absolute atomic E-state index is 8.75. The van der Waals surface area contributed by atoms with Gasteiger partial charge in [-0.1, -0.05) is 66.2 Å². The zero-order chi connectivity index (χ0) is 21.8. The Hall–Kier alpha value is -1.10. The second-order valence-electron chi connectivity index (χ2n) is 8.20. The quantitative estimate of drug-likeness (QED) is 0.300. The van der Waals surface area contributed by atoms with E-state index in [1.807, 2.05) is 0 Å². The van der Waals surface area contributed by atoms with E-state index < -0.39 is 0 Å². The molecular formula is C26H40O2S2. The van der Waals surface area contributed by atoms with E-state index in [9.17, 15) is 0 Å². The molecule has 0 radical (unpaired) electrons. The van der Waals surface area contributed by atoms with Crippen LogP contribution in [0.4, 0.5) is 0 Å². The maximum Gasteiger partial charge on any atom is 0.145 e. The highest BCUT2D eigenvalue weighted by atomic mass is 32.1. The molecule has 0 spiro atoms. The maximum atomic E-state index is 8.75. The zero-order valence-corrected chi connectivity index (χ0v) is 20.9. The second kappa shape index (κ2) is 14.1. The van der Waals surface area contributed by atoms with Crippen molar-refractivity contribution in [3.05, 3.63) is 29.0 Å². The lowest BCUT2D eigenvalue weighted by Crippen LogP contribution is -2.11. The number of hydrogen-bond donors (Lipinski definition) is 1. The second-order valence-corrected chi connectivity index (χ2v) is 10.1. The van der Waals surface area contributed by atoms with Gasteiger partial charge in [-0.25, -0.2) is 0 Å². The molecule has 0 aliphatic heterocycles. The van der Waals surface area contributed by atoms with E-state index in [1.54, 1.807) is 22.7 Å². The molecule has 4 heteroatoms. The third-order valence-corrected chi connectivity index (χ3v) is 7.73. The number of aliphatic hydroxyl groups is 1. The number of benzene rings is 1. The summed E-state index contributed by atoms with van der Waals surface area (Å²) in [7, 11) is 0. The number of thiophene rings is 2. The minimum absolute atomic E-state index is 0.372. The van der Waals surface area contributed by atoms with Gasteiger partial charge in [-0.3, -0.25) is 0 Å². The summed E-state index contributed by atoms with van der Waals surface area (Å²) in [6.45, 7) is 10.1. The van der Waals surface area contributed by atoms with Crippen LogP contribution in [0.1, 0.15) is 79.1 Å². The van der Waals surface area contributed by atoms with Crippen LogP contribution in [0.5, 0.6) is 5.75 Å². The Morgan fingerprint density at radius 1 is 0.900 bits per heavy atom. The topological polar surface area (TPSA) is 29.5 Å². The smallest absolute Gasteiger partial charge is 0.145 e. The molecule has 30 heavy (non-hydrogen) atoms. The van der Waals surface area contributed by atoms with E-state index >= 15 is 0 Å². The summed E-state index contributed by atoms with van der Waals surface area (Å²) in [6.07, 6.45) is 9.88. The highest BCUT2D eigenvalue weighted by Crippen LogP contribution is 2.40. The largest absolute Gasteiger partial charge is 0.491 e. The van der Waals surface area contributed by atoms with Crippen LogP contribution in [-0.2, 0) is 0 Å². The summed E-state index contributed by atoms with van der Waals surface area (Å²) in [6, 6.07) is 6.68. The molecule has 0 aliphatic rings. The molecule has 1 N–H and O–H groups in total. The lowest BCUT2D eigenvalue weighted by Gasteiger charge is -2.16. The molecule has 1 aromatic carbocycles. The predicted octanol–water partition coefficient (Wildman–Crippen LogP) is 8.91. The first kappa shape index (κ1) is 25.2. The van der Waals surface area contributed by atoms with E-state index in [-0.39, 0.29) is 0 Å². The summed E-state index contributed by atoms with van der Waals surface area (Å²) in [5, 5.41) is 15.7. The van der Waals surface area contributed by atoms with Gasteiger partial charge in [0.2, 0.25) is 0 Å². The summed E-state index contributed by atoms with van der Waals surface area (Å²) in [4.78, 5) is 0. The van der Waals surface area contributed by atoms with Gasteiger partial charge in [0.25, 0.3) is 0 Å². The van der Waals surface area contributed by atoms with Crippen molar-refractivity contribution in [1.82, 2.24) is 0 Å². The van der Waals surface area contributed by atoms with Crippen LogP contribution in [0.2, 0.25) is 0 Å². The van der Waals surface area contributed by atoms with Crippen LogP contribution in [-0.4, -0.2) is 18.3 Å². The van der Waals surface area contributed by atoms with Crippen molar-refractivity contribution in [2.45, 2.75) is 79.1 Å². The Labute approximate surface area is 191 Å². The third kappa shape index (κ3) is 7.25. The first-order valence-corrected chi connectivity index (χ1v) is 13.5. The molecule has 0 fully saturated rings. The molecule has 2 aromatic heterocycles. The minimum Gasteiger partial charge on any atom is -0.491 e. The molecule has 0 saturated carbocycles. The van der Waals surface area contributed by atoms with Crippen molar-refractivity contribution in [2.24, 2.45) is 11.8 Å². The van der Waals surface area contributed by atoms with Crippen LogP contribution >= 0.6 is 22.7 Å². The van der Waals surface area contributed by atoms with Gasteiger partial charge in [0.1, 0.15) is 5.75 Å². The molecule has 0 aliphatic carbocycles. The first-order valence-electron chi connectivity index (χ1n) is 11.8. The minimum atomic E-state index is 0.372. The molecule has 0 saturated heterocycles. The van der Waals surface area contributed by atoms with Gasteiger partial charge in [-0.05, 0) is 59.0 Å². The fraction of sp³-hybridized carbons (Fsp3) is 0.615. The van der Waals surface area contributed by atoms with Crippen LogP contribution in [0, 0.1) is 11.8 Å². The van der Waals surface area contributed by atoms with Gasteiger partial charge in [0.05, 0.1) is 11.3 Å². The number of unbranched alkanes of at least 4 members (excludes halogenated alkanes) is 2. The predicted molar refractivity (Wildman–Crippen MR) is 136 cm³/mol. The average molecular weight is 449 g/mol. The Balaban J connectivity index is 0.000000303. The molecule has 3 aromatic rings. The van der Waals surface area contributed by atoms with Crippen molar-refractivity contribution in [2.75, 3.05) is 13.2 Å². The average Bonchev–Trinajstić information content (AvgIpc) is 3.43. The summed E-state index contributed by atoms with van der Waals surface area (Å²) < 4.78 is 8.94. The van der Waals surface area contributed by atoms with Gasteiger partial charge < -0.3 is 9.84 Å². The summed E-state index contributed by atoms with van der Waals surface area (Å²) in [5.41, 5.74) is 0. The molecule has 2 nitrogen and oxygen atoms in total. The number of aliphatic hydroxyl groups excluding tert-OH is 1. The normalized spacial score (nSPS) is 13.2. The fourth-order valence-electron chi connectivity index (χ4n) is 3.66. The lowest BCUT2D eigenvalue weighted by atomic mass is 10.0. The van der Waals surface area contributed by atoms with Gasteiger partial charge in [0, 0.05) is 16.7 Å². The third-order valence-electron chi connectivity index (χ3n) is 5.94. The van der Waals surface area contributed by atoms with Crippen molar-refractivity contribution in [1.29, 1.82) is 0 Å².